The minimum absolute atomic E-state index is 0.00339. The molecule has 2 aliphatic rings. The van der Waals surface area contributed by atoms with Crippen molar-refractivity contribution in [2.24, 2.45) is 23.0 Å². The zero-order chi connectivity index (χ0) is 36.2. The van der Waals surface area contributed by atoms with Crippen molar-refractivity contribution < 1.29 is 38.2 Å². The fraction of sp³-hybridized carbons (Fsp3) is 0.657. The number of Topliss-reactive ketones (excluding diaryl/α,β-unsaturated/α-hetero) is 1. The van der Waals surface area contributed by atoms with Gasteiger partial charge in [0.1, 0.15) is 30.5 Å². The van der Waals surface area contributed by atoms with Gasteiger partial charge in [0.25, 0.3) is 5.91 Å². The summed E-state index contributed by atoms with van der Waals surface area (Å²) in [6.07, 6.45) is 4.29. The molecular weight excluding hydrogens is 618 g/mol. The molecule has 5 amide bonds. The first-order valence-corrected chi connectivity index (χ1v) is 16.8. The number of amides is 5. The first-order valence-electron chi connectivity index (χ1n) is 16.8. The molecule has 4 atom stereocenters. The van der Waals surface area contributed by atoms with Crippen LogP contribution in [0.15, 0.2) is 24.3 Å². The van der Waals surface area contributed by atoms with Gasteiger partial charge in [-0.15, -0.1) is 0 Å². The van der Waals surface area contributed by atoms with Crippen molar-refractivity contribution in [3.05, 3.63) is 29.8 Å². The molecule has 3 rings (SSSR count). The molecule has 1 aliphatic carbocycles. The van der Waals surface area contributed by atoms with Crippen LogP contribution >= 0.6 is 0 Å². The van der Waals surface area contributed by atoms with E-state index in [1.807, 2.05) is 0 Å². The Kier molecular flexibility index (Phi) is 15.3. The van der Waals surface area contributed by atoms with E-state index in [4.69, 9.17) is 15.2 Å². The summed E-state index contributed by atoms with van der Waals surface area (Å²) in [6.45, 7) is 13.4. The number of hydrogen-bond acceptors (Lipinski definition) is 8. The Morgan fingerprint density at radius 1 is 0.958 bits per heavy atom. The van der Waals surface area contributed by atoms with Crippen molar-refractivity contribution in [2.75, 3.05) is 13.7 Å². The lowest BCUT2D eigenvalue weighted by Gasteiger charge is -2.36. The summed E-state index contributed by atoms with van der Waals surface area (Å²) in [5.41, 5.74) is 5.19. The number of ketones is 1. The zero-order valence-corrected chi connectivity index (χ0v) is 29.7. The van der Waals surface area contributed by atoms with E-state index in [0.29, 0.717) is 25.0 Å². The van der Waals surface area contributed by atoms with E-state index in [0.717, 1.165) is 18.4 Å². The van der Waals surface area contributed by atoms with Crippen LogP contribution in [-0.2, 0) is 35.3 Å². The molecule has 1 aromatic rings. The Balaban J connectivity index is 0.00000257. The lowest BCUT2D eigenvalue weighted by atomic mass is 9.85. The van der Waals surface area contributed by atoms with Gasteiger partial charge in [-0.25, -0.2) is 9.59 Å². The Hall–Kier alpha value is -4.16. The van der Waals surface area contributed by atoms with Gasteiger partial charge in [0.15, 0.2) is 0 Å². The number of ether oxygens (including phenoxy) is 2. The number of carbonyl (C=O) groups excluding carboxylic acids is 6. The lowest BCUT2D eigenvalue weighted by Crippen LogP contribution is -2.61. The molecule has 268 valence electrons. The van der Waals surface area contributed by atoms with Gasteiger partial charge in [0, 0.05) is 6.54 Å². The Morgan fingerprint density at radius 2 is 1.56 bits per heavy atom. The number of urea groups is 1. The van der Waals surface area contributed by atoms with E-state index >= 15 is 0 Å². The van der Waals surface area contributed by atoms with Crippen LogP contribution in [0.3, 0.4) is 0 Å². The molecule has 4 unspecified atom stereocenters. The minimum Gasteiger partial charge on any atom is -0.497 e. The maximum absolute atomic E-state index is 13.9. The molecule has 13 heteroatoms. The fourth-order valence-electron chi connectivity index (χ4n) is 5.25. The topological polar surface area (TPSA) is 186 Å². The predicted octanol–water partition coefficient (Wildman–Crippen LogP) is 3.22. The molecule has 0 spiro atoms. The molecule has 1 aliphatic heterocycles. The number of carbonyl (C=O) groups is 6. The highest BCUT2D eigenvalue weighted by Crippen LogP contribution is 2.34. The summed E-state index contributed by atoms with van der Waals surface area (Å²) in [4.78, 5) is 78.7. The maximum atomic E-state index is 13.9. The monoisotopic (exact) mass is 673 g/mol. The van der Waals surface area contributed by atoms with Crippen LogP contribution in [0.5, 0.6) is 5.75 Å². The number of nitrogens with zero attached hydrogens (tertiary/aromatic N) is 1. The van der Waals surface area contributed by atoms with Gasteiger partial charge in [0.05, 0.1) is 13.2 Å². The van der Waals surface area contributed by atoms with E-state index < -0.39 is 65.1 Å². The number of primary amides is 1. The first-order chi connectivity index (χ1) is 22.5. The van der Waals surface area contributed by atoms with E-state index in [1.54, 1.807) is 66.0 Å². The van der Waals surface area contributed by atoms with Crippen LogP contribution in [-0.4, -0.2) is 78.2 Å². The van der Waals surface area contributed by atoms with Crippen LogP contribution in [0.1, 0.15) is 92.6 Å². The van der Waals surface area contributed by atoms with Crippen molar-refractivity contribution in [1.29, 1.82) is 0 Å². The number of nitrogens with two attached hydrogens (primary N) is 1. The molecule has 13 nitrogen and oxygen atoms in total. The summed E-state index contributed by atoms with van der Waals surface area (Å²) >= 11 is 0. The first kappa shape index (κ1) is 40.0. The normalized spacial score (nSPS) is 17.6. The quantitative estimate of drug-likeness (QED) is 0.171. The van der Waals surface area contributed by atoms with Crippen molar-refractivity contribution in [1.82, 2.24) is 20.9 Å². The van der Waals surface area contributed by atoms with Gasteiger partial charge in [-0.05, 0) is 54.2 Å². The molecule has 48 heavy (non-hydrogen) atoms. The van der Waals surface area contributed by atoms with Crippen LogP contribution in [0, 0.1) is 17.3 Å². The maximum Gasteiger partial charge on any atom is 0.329 e. The highest BCUT2D eigenvalue weighted by molar-refractivity contribution is 6.37. The third-order valence-corrected chi connectivity index (χ3v) is 8.12. The second kappa shape index (κ2) is 18.4. The number of nitrogens with one attached hydrogen (secondary N) is 3. The molecule has 2 fully saturated rings. The number of benzene rings is 1. The third kappa shape index (κ3) is 12.1. The second-order valence-electron chi connectivity index (χ2n) is 14.0. The SMILES string of the molecule is CCC.COc1ccc(COC(=O)C(NC(=O)NC(C(=O)N2CCCC2C(=O)NC(CC2CC2)C(=O)C(N)=O)C(C)(C)C)C(C)C)cc1. The lowest BCUT2D eigenvalue weighted by molar-refractivity contribution is -0.148. The second-order valence-corrected chi connectivity index (χ2v) is 14.0. The van der Waals surface area contributed by atoms with Crippen molar-refractivity contribution in [2.45, 2.75) is 118 Å². The highest BCUT2D eigenvalue weighted by Gasteiger charge is 2.43. The zero-order valence-electron chi connectivity index (χ0n) is 29.7. The Labute approximate surface area is 284 Å². The Morgan fingerprint density at radius 3 is 2.06 bits per heavy atom. The third-order valence-electron chi connectivity index (χ3n) is 8.12. The number of esters is 1. The molecular formula is C35H55N5O8. The summed E-state index contributed by atoms with van der Waals surface area (Å²) in [5, 5.41) is 8.02. The summed E-state index contributed by atoms with van der Waals surface area (Å²) in [7, 11) is 1.56. The van der Waals surface area contributed by atoms with Gasteiger partial charge in [-0.2, -0.15) is 0 Å². The van der Waals surface area contributed by atoms with Gasteiger partial charge >= 0.3 is 12.0 Å². The smallest absolute Gasteiger partial charge is 0.329 e. The van der Waals surface area contributed by atoms with Crippen LogP contribution in [0.2, 0.25) is 0 Å². The Bertz CT molecular complexity index is 1270. The van der Waals surface area contributed by atoms with Crippen LogP contribution in [0.25, 0.3) is 0 Å². The van der Waals surface area contributed by atoms with Gasteiger partial charge in [0.2, 0.25) is 17.6 Å². The largest absolute Gasteiger partial charge is 0.497 e. The summed E-state index contributed by atoms with van der Waals surface area (Å²) in [5.74, 6) is -3.04. The molecule has 1 aromatic carbocycles. The van der Waals surface area contributed by atoms with E-state index in [1.165, 1.54) is 11.3 Å². The molecule has 0 radical (unpaired) electrons. The molecule has 0 aromatic heterocycles. The average Bonchev–Trinajstić information content (AvgIpc) is 3.71. The van der Waals surface area contributed by atoms with E-state index in [-0.39, 0.29) is 25.0 Å². The van der Waals surface area contributed by atoms with Crippen molar-refractivity contribution in [3.63, 3.8) is 0 Å². The molecule has 1 heterocycles. The van der Waals surface area contributed by atoms with Crippen LogP contribution < -0.4 is 26.4 Å². The number of hydrogen-bond donors (Lipinski definition) is 4. The molecule has 1 saturated heterocycles. The van der Waals surface area contributed by atoms with Crippen molar-refractivity contribution >= 4 is 35.5 Å². The van der Waals surface area contributed by atoms with Gasteiger partial charge in [-0.3, -0.25) is 19.2 Å². The number of likely N-dealkylation sites (tertiary alicyclic amines) is 1. The standard InChI is InChI=1S/C32H47N5O8.C3H8/c1-18(2)24(30(42)45-17-20-11-13-21(44-6)14-12-20)35-31(43)36-26(32(3,4)5)29(41)37-15-7-8-23(37)28(40)34-22(16-19-9-10-19)25(38)27(33)39;1-3-2/h11-14,18-19,22-24,26H,7-10,15-17H2,1-6H3,(H2,33,39)(H,34,40)(H2,35,36,43);3H2,1-2H3. The molecule has 0 bridgehead atoms. The minimum atomic E-state index is -1.12. The molecule has 1 saturated carbocycles. The van der Waals surface area contributed by atoms with Crippen molar-refractivity contribution in [3.8, 4) is 5.75 Å². The van der Waals surface area contributed by atoms with E-state index in [2.05, 4.69) is 29.8 Å². The average molecular weight is 674 g/mol. The van der Waals surface area contributed by atoms with Crippen LogP contribution in [0.4, 0.5) is 4.79 Å². The summed E-state index contributed by atoms with van der Waals surface area (Å²) < 4.78 is 10.6. The number of rotatable bonds is 14. The predicted molar refractivity (Wildman–Crippen MR) is 180 cm³/mol. The number of methoxy groups -OCH3 is 1. The van der Waals surface area contributed by atoms with E-state index in [9.17, 15) is 28.8 Å². The molecule has 5 N–H and O–H groups in total. The fourth-order valence-corrected chi connectivity index (χ4v) is 5.25. The van der Waals surface area contributed by atoms with Gasteiger partial charge < -0.3 is 36.1 Å². The highest BCUT2D eigenvalue weighted by atomic mass is 16.5. The van der Waals surface area contributed by atoms with Gasteiger partial charge in [-0.1, -0.05) is 79.9 Å². The summed E-state index contributed by atoms with van der Waals surface area (Å²) in [6, 6.07) is 2.33.